The SMILES string of the molecule is O=C(CC1=CSC2=NCCN12)Nc1ccc(S(=O)(=O)NC2CCCCC2)cc1. The zero-order valence-electron chi connectivity index (χ0n) is 15.6. The normalized spacial score (nSPS) is 19.9. The standard InChI is InChI=1S/C19H24N4O3S2/c24-18(12-16-13-27-19-20-10-11-23(16)19)21-14-6-8-17(9-7-14)28(25,26)22-15-4-2-1-3-5-15/h6-9,13,15,22H,1-5,10-12H2,(H,21,24). The molecule has 1 aliphatic carbocycles. The number of nitrogens with one attached hydrogen (secondary N) is 2. The second-order valence-electron chi connectivity index (χ2n) is 7.25. The van der Waals surface area contributed by atoms with E-state index in [0.29, 0.717) is 5.69 Å². The fraction of sp³-hybridized carbons (Fsp3) is 0.474. The minimum Gasteiger partial charge on any atom is -0.326 e. The number of hydrogen-bond acceptors (Lipinski definition) is 6. The molecule has 1 aromatic carbocycles. The van der Waals surface area contributed by atoms with E-state index >= 15 is 0 Å². The lowest BCUT2D eigenvalue weighted by Crippen LogP contribution is -2.36. The van der Waals surface area contributed by atoms with Crippen LogP contribution in [0.1, 0.15) is 38.5 Å². The van der Waals surface area contributed by atoms with Gasteiger partial charge >= 0.3 is 0 Å². The third-order valence-electron chi connectivity index (χ3n) is 5.17. The summed E-state index contributed by atoms with van der Waals surface area (Å²) in [7, 11) is -3.53. The minimum absolute atomic E-state index is 0.0229. The van der Waals surface area contributed by atoms with Crippen LogP contribution in [0.2, 0.25) is 0 Å². The Hall–Kier alpha value is -1.84. The Kier molecular flexibility index (Phi) is 5.75. The van der Waals surface area contributed by atoms with E-state index in [1.165, 1.54) is 18.6 Å². The molecule has 0 spiro atoms. The number of hydrogen-bond donors (Lipinski definition) is 2. The first-order valence-corrected chi connectivity index (χ1v) is 12.0. The number of amidine groups is 1. The van der Waals surface area contributed by atoms with Crippen molar-refractivity contribution in [3.63, 3.8) is 0 Å². The molecule has 2 aliphatic heterocycles. The maximum atomic E-state index is 12.5. The molecule has 7 nitrogen and oxygen atoms in total. The first-order valence-electron chi connectivity index (χ1n) is 9.61. The van der Waals surface area contributed by atoms with Gasteiger partial charge in [-0.1, -0.05) is 31.0 Å². The van der Waals surface area contributed by atoms with Crippen LogP contribution in [-0.4, -0.2) is 43.5 Å². The van der Waals surface area contributed by atoms with Crippen LogP contribution in [0.25, 0.3) is 0 Å². The van der Waals surface area contributed by atoms with Crippen molar-refractivity contribution in [3.05, 3.63) is 35.4 Å². The molecule has 28 heavy (non-hydrogen) atoms. The van der Waals surface area contributed by atoms with Crippen LogP contribution >= 0.6 is 11.8 Å². The molecule has 1 aromatic rings. The van der Waals surface area contributed by atoms with Crippen LogP contribution in [0.4, 0.5) is 5.69 Å². The summed E-state index contributed by atoms with van der Waals surface area (Å²) in [6.45, 7) is 1.59. The Balaban J connectivity index is 1.34. The molecule has 9 heteroatoms. The number of thioether (sulfide) groups is 1. The van der Waals surface area contributed by atoms with Crippen LogP contribution in [0, 0.1) is 0 Å². The predicted molar refractivity (Wildman–Crippen MR) is 112 cm³/mol. The number of rotatable bonds is 6. The molecule has 2 N–H and O–H groups in total. The Labute approximate surface area is 169 Å². The largest absolute Gasteiger partial charge is 0.326 e. The van der Waals surface area contributed by atoms with Crippen molar-refractivity contribution in [1.82, 2.24) is 9.62 Å². The van der Waals surface area contributed by atoms with Gasteiger partial charge in [0.1, 0.15) is 0 Å². The number of sulfonamides is 1. The van der Waals surface area contributed by atoms with Crippen LogP contribution in [0.3, 0.4) is 0 Å². The number of benzene rings is 1. The number of amides is 1. The van der Waals surface area contributed by atoms with Gasteiger partial charge in [0.2, 0.25) is 15.9 Å². The molecule has 2 heterocycles. The number of aliphatic imine (C=N–C) groups is 1. The van der Waals surface area contributed by atoms with Gasteiger partial charge < -0.3 is 10.2 Å². The van der Waals surface area contributed by atoms with Gasteiger partial charge in [-0.2, -0.15) is 0 Å². The van der Waals surface area contributed by atoms with Gasteiger partial charge in [-0.3, -0.25) is 9.79 Å². The summed E-state index contributed by atoms with van der Waals surface area (Å²) in [4.78, 5) is 19.0. The number of carbonyl (C=O) groups excluding carboxylic acids is 1. The summed E-state index contributed by atoms with van der Waals surface area (Å²) in [5.74, 6) is -0.129. The van der Waals surface area contributed by atoms with Gasteiger partial charge in [-0.05, 0) is 42.5 Å². The first kappa shape index (κ1) is 19.5. The molecule has 1 amide bonds. The van der Waals surface area contributed by atoms with Gasteiger partial charge in [0.05, 0.1) is 17.9 Å². The van der Waals surface area contributed by atoms with E-state index in [2.05, 4.69) is 19.9 Å². The first-order chi connectivity index (χ1) is 13.5. The van der Waals surface area contributed by atoms with Gasteiger partial charge in [0.15, 0.2) is 5.17 Å². The minimum atomic E-state index is -3.53. The number of anilines is 1. The molecule has 150 valence electrons. The number of fused-ring (bicyclic) bond motifs is 1. The average Bonchev–Trinajstić information content (AvgIpc) is 3.28. The van der Waals surface area contributed by atoms with E-state index < -0.39 is 10.0 Å². The van der Waals surface area contributed by atoms with Crippen molar-refractivity contribution in [3.8, 4) is 0 Å². The zero-order valence-corrected chi connectivity index (χ0v) is 17.2. The molecule has 1 saturated carbocycles. The molecule has 0 unspecified atom stereocenters. The highest BCUT2D eigenvalue weighted by molar-refractivity contribution is 8.16. The highest BCUT2D eigenvalue weighted by atomic mass is 32.2. The summed E-state index contributed by atoms with van der Waals surface area (Å²) in [5.41, 5.74) is 1.54. The summed E-state index contributed by atoms with van der Waals surface area (Å²) in [6, 6.07) is 6.37. The van der Waals surface area contributed by atoms with E-state index in [1.54, 1.807) is 23.9 Å². The van der Waals surface area contributed by atoms with Crippen molar-refractivity contribution >= 4 is 38.5 Å². The smallest absolute Gasteiger partial charge is 0.240 e. The van der Waals surface area contributed by atoms with E-state index in [9.17, 15) is 13.2 Å². The zero-order chi connectivity index (χ0) is 19.6. The summed E-state index contributed by atoms with van der Waals surface area (Å²) in [6.07, 6.45) is 5.37. The molecule has 0 aromatic heterocycles. The Morgan fingerprint density at radius 3 is 2.68 bits per heavy atom. The predicted octanol–water partition coefficient (Wildman–Crippen LogP) is 2.89. The topological polar surface area (TPSA) is 90.9 Å². The van der Waals surface area contributed by atoms with Crippen LogP contribution in [-0.2, 0) is 14.8 Å². The van der Waals surface area contributed by atoms with E-state index in [1.807, 2.05) is 5.41 Å². The number of nitrogens with zero attached hydrogens (tertiary/aromatic N) is 2. The third kappa shape index (κ3) is 4.42. The van der Waals surface area contributed by atoms with Crippen molar-refractivity contribution < 1.29 is 13.2 Å². The fourth-order valence-corrected chi connectivity index (χ4v) is 5.97. The lowest BCUT2D eigenvalue weighted by Gasteiger charge is -2.22. The highest BCUT2D eigenvalue weighted by Crippen LogP contribution is 2.31. The monoisotopic (exact) mass is 420 g/mol. The summed E-state index contributed by atoms with van der Waals surface area (Å²) in [5, 5.41) is 5.76. The van der Waals surface area contributed by atoms with Gasteiger partial charge in [-0.15, -0.1) is 0 Å². The highest BCUT2D eigenvalue weighted by Gasteiger charge is 2.27. The lowest BCUT2D eigenvalue weighted by atomic mass is 9.96. The maximum absolute atomic E-state index is 12.5. The Bertz CT molecular complexity index is 904. The summed E-state index contributed by atoms with van der Waals surface area (Å²) >= 11 is 1.55. The Morgan fingerprint density at radius 2 is 1.93 bits per heavy atom. The van der Waals surface area contributed by atoms with Crippen molar-refractivity contribution in [2.45, 2.75) is 49.5 Å². The second-order valence-corrected chi connectivity index (χ2v) is 9.80. The second kappa shape index (κ2) is 8.26. The van der Waals surface area contributed by atoms with Crippen molar-refractivity contribution in [2.75, 3.05) is 18.4 Å². The van der Waals surface area contributed by atoms with Gasteiger partial charge in [-0.25, -0.2) is 13.1 Å². The molecule has 0 bridgehead atoms. The Morgan fingerprint density at radius 1 is 1.18 bits per heavy atom. The molecular formula is C19H24N4O3S2. The van der Waals surface area contributed by atoms with Crippen LogP contribution in [0.15, 0.2) is 45.3 Å². The molecule has 4 rings (SSSR count). The van der Waals surface area contributed by atoms with Crippen LogP contribution < -0.4 is 10.0 Å². The fourth-order valence-electron chi connectivity index (χ4n) is 3.71. The van der Waals surface area contributed by atoms with E-state index in [4.69, 9.17) is 0 Å². The molecular weight excluding hydrogens is 396 g/mol. The van der Waals surface area contributed by atoms with E-state index in [0.717, 1.165) is 49.6 Å². The van der Waals surface area contributed by atoms with Gasteiger partial charge in [0.25, 0.3) is 0 Å². The molecule has 3 aliphatic rings. The van der Waals surface area contributed by atoms with Gasteiger partial charge in [0, 0.05) is 24.0 Å². The maximum Gasteiger partial charge on any atom is 0.240 e. The molecule has 1 fully saturated rings. The quantitative estimate of drug-likeness (QED) is 0.738. The van der Waals surface area contributed by atoms with E-state index in [-0.39, 0.29) is 23.3 Å². The molecule has 0 atom stereocenters. The lowest BCUT2D eigenvalue weighted by molar-refractivity contribution is -0.115. The molecule has 0 radical (unpaired) electrons. The number of carbonyl (C=O) groups is 1. The van der Waals surface area contributed by atoms with Crippen LogP contribution in [0.5, 0.6) is 0 Å². The molecule has 0 saturated heterocycles. The summed E-state index contributed by atoms with van der Waals surface area (Å²) < 4.78 is 27.9. The van der Waals surface area contributed by atoms with Crippen molar-refractivity contribution in [1.29, 1.82) is 0 Å². The van der Waals surface area contributed by atoms with Crippen molar-refractivity contribution in [2.24, 2.45) is 4.99 Å². The third-order valence-corrected chi connectivity index (χ3v) is 7.65. The average molecular weight is 421 g/mol.